The standard InChI is InChI=1S/C15H23N3OS/c16-12-4-6-18(7-5-12)10-15(19)17-9-13-8-11-2-1-3-14(11)20-13/h8,12H,1-7,9-10,16H2,(H,17,19). The highest BCUT2D eigenvalue weighted by Crippen LogP contribution is 2.30. The third-order valence-corrected chi connectivity index (χ3v) is 5.49. The fraction of sp³-hybridized carbons (Fsp3) is 0.667. The maximum Gasteiger partial charge on any atom is 0.234 e. The molecule has 5 heteroatoms. The summed E-state index contributed by atoms with van der Waals surface area (Å²) in [6.45, 7) is 3.09. The molecule has 1 aromatic rings. The number of rotatable bonds is 4. The molecule has 2 aliphatic rings. The van der Waals surface area contributed by atoms with Crippen molar-refractivity contribution in [1.29, 1.82) is 0 Å². The van der Waals surface area contributed by atoms with Gasteiger partial charge in [0.2, 0.25) is 5.91 Å². The summed E-state index contributed by atoms with van der Waals surface area (Å²) < 4.78 is 0. The molecule has 0 aromatic carbocycles. The molecule has 3 N–H and O–H groups in total. The maximum absolute atomic E-state index is 12.0. The summed E-state index contributed by atoms with van der Waals surface area (Å²) in [5.41, 5.74) is 7.38. The number of fused-ring (bicyclic) bond motifs is 1. The molecule has 1 aliphatic heterocycles. The van der Waals surface area contributed by atoms with Gasteiger partial charge in [-0.15, -0.1) is 11.3 Å². The summed E-state index contributed by atoms with van der Waals surface area (Å²) in [4.78, 5) is 17.0. The fourth-order valence-corrected chi connectivity index (χ4v) is 4.23. The molecule has 1 aliphatic carbocycles. The van der Waals surface area contributed by atoms with E-state index in [1.54, 1.807) is 0 Å². The smallest absolute Gasteiger partial charge is 0.234 e. The van der Waals surface area contributed by atoms with Crippen molar-refractivity contribution in [2.45, 2.75) is 44.7 Å². The van der Waals surface area contributed by atoms with Crippen LogP contribution in [0.25, 0.3) is 0 Å². The first-order valence-corrected chi connectivity index (χ1v) is 8.37. The van der Waals surface area contributed by atoms with E-state index in [0.717, 1.165) is 25.9 Å². The van der Waals surface area contributed by atoms with Crippen LogP contribution < -0.4 is 11.1 Å². The largest absolute Gasteiger partial charge is 0.350 e. The van der Waals surface area contributed by atoms with Crippen LogP contribution in [0.4, 0.5) is 0 Å². The molecule has 2 heterocycles. The van der Waals surface area contributed by atoms with Crippen molar-refractivity contribution < 1.29 is 4.79 Å². The predicted octanol–water partition coefficient (Wildman–Crippen LogP) is 1.28. The second-order valence-corrected chi connectivity index (χ2v) is 7.13. The van der Waals surface area contributed by atoms with Crippen LogP contribution in [-0.2, 0) is 24.2 Å². The molecule has 1 fully saturated rings. The Morgan fingerprint density at radius 1 is 1.40 bits per heavy atom. The van der Waals surface area contributed by atoms with Crippen LogP contribution in [-0.4, -0.2) is 36.5 Å². The average molecular weight is 293 g/mol. The molecule has 0 saturated carbocycles. The van der Waals surface area contributed by atoms with Crippen LogP contribution in [0, 0.1) is 0 Å². The lowest BCUT2D eigenvalue weighted by molar-refractivity contribution is -0.122. The number of aryl methyl sites for hydroxylation is 2. The number of thiophene rings is 1. The summed E-state index contributed by atoms with van der Waals surface area (Å²) in [5, 5.41) is 3.04. The zero-order valence-corrected chi connectivity index (χ0v) is 12.7. The molecular formula is C15H23N3OS. The molecule has 0 unspecified atom stereocenters. The summed E-state index contributed by atoms with van der Waals surface area (Å²) in [5.74, 6) is 0.133. The minimum absolute atomic E-state index is 0.133. The van der Waals surface area contributed by atoms with E-state index in [1.807, 2.05) is 11.3 Å². The fourth-order valence-electron chi connectivity index (χ4n) is 3.03. The van der Waals surface area contributed by atoms with Crippen LogP contribution >= 0.6 is 11.3 Å². The topological polar surface area (TPSA) is 58.4 Å². The van der Waals surface area contributed by atoms with Crippen molar-refractivity contribution in [3.05, 3.63) is 21.4 Å². The minimum atomic E-state index is 0.133. The summed E-state index contributed by atoms with van der Waals surface area (Å²) in [6.07, 6.45) is 5.75. The maximum atomic E-state index is 12.0. The Balaban J connectivity index is 1.42. The first-order chi connectivity index (χ1) is 9.70. The van der Waals surface area contributed by atoms with Gasteiger partial charge >= 0.3 is 0 Å². The molecule has 0 bridgehead atoms. The van der Waals surface area contributed by atoms with Gasteiger partial charge in [0, 0.05) is 28.9 Å². The zero-order chi connectivity index (χ0) is 13.9. The lowest BCUT2D eigenvalue weighted by atomic mass is 10.1. The van der Waals surface area contributed by atoms with Gasteiger partial charge in [-0.3, -0.25) is 9.69 Å². The average Bonchev–Trinajstić information content (AvgIpc) is 3.00. The van der Waals surface area contributed by atoms with Crippen molar-refractivity contribution in [2.75, 3.05) is 19.6 Å². The molecule has 3 rings (SSSR count). The number of nitrogens with one attached hydrogen (secondary N) is 1. The van der Waals surface area contributed by atoms with Gasteiger partial charge in [0.05, 0.1) is 13.1 Å². The van der Waals surface area contributed by atoms with Gasteiger partial charge < -0.3 is 11.1 Å². The number of hydrogen-bond acceptors (Lipinski definition) is 4. The summed E-state index contributed by atoms with van der Waals surface area (Å²) in [6, 6.07) is 2.59. The Bertz CT molecular complexity index is 456. The third kappa shape index (κ3) is 3.40. The number of nitrogens with two attached hydrogens (primary N) is 1. The van der Waals surface area contributed by atoms with Gasteiger partial charge in [0.1, 0.15) is 0 Å². The highest BCUT2D eigenvalue weighted by molar-refractivity contribution is 7.12. The number of piperidine rings is 1. The van der Waals surface area contributed by atoms with Gasteiger partial charge in [0.25, 0.3) is 0 Å². The molecule has 0 atom stereocenters. The van der Waals surface area contributed by atoms with Crippen LogP contribution in [0.15, 0.2) is 6.07 Å². The Kier molecular flexibility index (Phi) is 4.38. The molecule has 1 saturated heterocycles. The van der Waals surface area contributed by atoms with Gasteiger partial charge in [0.15, 0.2) is 0 Å². The van der Waals surface area contributed by atoms with E-state index < -0.39 is 0 Å². The summed E-state index contributed by atoms with van der Waals surface area (Å²) >= 11 is 1.87. The molecule has 0 radical (unpaired) electrons. The number of hydrogen-bond donors (Lipinski definition) is 2. The molecule has 4 nitrogen and oxygen atoms in total. The lowest BCUT2D eigenvalue weighted by Gasteiger charge is -2.29. The third-order valence-electron chi connectivity index (χ3n) is 4.26. The van der Waals surface area contributed by atoms with E-state index in [1.165, 1.54) is 34.6 Å². The number of nitrogens with zero attached hydrogens (tertiary/aromatic N) is 1. The Hall–Kier alpha value is -0.910. The van der Waals surface area contributed by atoms with E-state index >= 15 is 0 Å². The minimum Gasteiger partial charge on any atom is -0.350 e. The first kappa shape index (κ1) is 14.0. The molecule has 0 spiro atoms. The van der Waals surface area contributed by atoms with Gasteiger partial charge in [-0.2, -0.15) is 0 Å². The van der Waals surface area contributed by atoms with Gasteiger partial charge in [-0.05, 0) is 43.7 Å². The van der Waals surface area contributed by atoms with Crippen molar-refractivity contribution >= 4 is 17.2 Å². The van der Waals surface area contributed by atoms with E-state index in [0.29, 0.717) is 19.1 Å². The number of amides is 1. The van der Waals surface area contributed by atoms with Crippen LogP contribution in [0.5, 0.6) is 0 Å². The second kappa shape index (κ2) is 6.24. The lowest BCUT2D eigenvalue weighted by Crippen LogP contribution is -2.44. The van der Waals surface area contributed by atoms with Gasteiger partial charge in [-0.25, -0.2) is 0 Å². The number of likely N-dealkylation sites (tertiary alicyclic amines) is 1. The quantitative estimate of drug-likeness (QED) is 0.879. The normalized spacial score (nSPS) is 20.1. The van der Waals surface area contributed by atoms with Gasteiger partial charge in [-0.1, -0.05) is 0 Å². The van der Waals surface area contributed by atoms with Crippen molar-refractivity contribution in [3.8, 4) is 0 Å². The zero-order valence-electron chi connectivity index (χ0n) is 11.9. The first-order valence-electron chi connectivity index (χ1n) is 7.56. The summed E-state index contributed by atoms with van der Waals surface area (Å²) in [7, 11) is 0. The van der Waals surface area contributed by atoms with Crippen molar-refractivity contribution in [1.82, 2.24) is 10.2 Å². The Morgan fingerprint density at radius 2 is 2.20 bits per heavy atom. The highest BCUT2D eigenvalue weighted by atomic mass is 32.1. The molecular weight excluding hydrogens is 270 g/mol. The number of carbonyl (C=O) groups is 1. The molecule has 1 amide bonds. The van der Waals surface area contributed by atoms with E-state index in [-0.39, 0.29) is 5.91 Å². The predicted molar refractivity (Wildman–Crippen MR) is 81.8 cm³/mol. The van der Waals surface area contributed by atoms with Crippen LogP contribution in [0.1, 0.15) is 34.6 Å². The van der Waals surface area contributed by atoms with Crippen LogP contribution in [0.3, 0.4) is 0 Å². The molecule has 110 valence electrons. The second-order valence-electron chi connectivity index (χ2n) is 5.90. The van der Waals surface area contributed by atoms with Crippen molar-refractivity contribution in [2.24, 2.45) is 5.73 Å². The molecule has 20 heavy (non-hydrogen) atoms. The van der Waals surface area contributed by atoms with Crippen molar-refractivity contribution in [3.63, 3.8) is 0 Å². The van der Waals surface area contributed by atoms with Crippen LogP contribution in [0.2, 0.25) is 0 Å². The van der Waals surface area contributed by atoms with E-state index in [4.69, 9.17) is 5.73 Å². The van der Waals surface area contributed by atoms with E-state index in [9.17, 15) is 4.79 Å². The Labute approximate surface area is 124 Å². The number of carbonyl (C=O) groups excluding carboxylic acids is 1. The highest BCUT2D eigenvalue weighted by Gasteiger charge is 2.19. The Morgan fingerprint density at radius 3 is 2.95 bits per heavy atom. The molecule has 1 aromatic heterocycles. The van der Waals surface area contributed by atoms with E-state index in [2.05, 4.69) is 16.3 Å². The SMILES string of the molecule is NC1CCN(CC(=O)NCc2cc3c(s2)CCC3)CC1. The monoisotopic (exact) mass is 293 g/mol.